The molecule has 0 saturated heterocycles. The maximum Gasteiger partial charge on any atom is 0.258 e. The van der Waals surface area contributed by atoms with Crippen LogP contribution in [0.15, 0.2) is 66.0 Å². The lowest BCUT2D eigenvalue weighted by Gasteiger charge is -2.17. The number of para-hydroxylation sites is 1. The maximum atomic E-state index is 12.4. The van der Waals surface area contributed by atoms with E-state index in [0.29, 0.717) is 36.3 Å². The highest BCUT2D eigenvalue weighted by molar-refractivity contribution is 5.78. The van der Waals surface area contributed by atoms with Crippen molar-refractivity contribution in [1.29, 1.82) is 0 Å². The summed E-state index contributed by atoms with van der Waals surface area (Å²) in [6, 6.07) is 14.8. The molecule has 6 nitrogen and oxygen atoms in total. The topological polar surface area (TPSA) is 75.3 Å². The Morgan fingerprint density at radius 3 is 2.71 bits per heavy atom. The first-order valence-electron chi connectivity index (χ1n) is 9.11. The number of benzene rings is 2. The third kappa shape index (κ3) is 4.85. The molecule has 2 aromatic carbocycles. The molecule has 6 heteroatoms. The third-order valence-corrected chi connectivity index (χ3v) is 4.37. The molecule has 0 bridgehead atoms. The van der Waals surface area contributed by atoms with E-state index in [1.807, 2.05) is 30.3 Å². The summed E-state index contributed by atoms with van der Waals surface area (Å²) < 4.78 is 5.46. The first-order chi connectivity index (χ1) is 13.6. The van der Waals surface area contributed by atoms with Gasteiger partial charge >= 0.3 is 0 Å². The van der Waals surface area contributed by atoms with E-state index < -0.39 is 0 Å². The van der Waals surface area contributed by atoms with E-state index in [0.717, 1.165) is 11.3 Å². The van der Waals surface area contributed by atoms with Gasteiger partial charge in [0.25, 0.3) is 5.56 Å². The lowest BCUT2D eigenvalue weighted by atomic mass is 10.2. The van der Waals surface area contributed by atoms with Crippen LogP contribution in [0.3, 0.4) is 0 Å². The Bertz CT molecular complexity index is 1030. The van der Waals surface area contributed by atoms with Crippen molar-refractivity contribution < 1.29 is 9.53 Å². The molecule has 3 rings (SSSR count). The van der Waals surface area contributed by atoms with Crippen molar-refractivity contribution in [1.82, 2.24) is 14.9 Å². The number of hydrogen-bond donors (Lipinski definition) is 1. The van der Waals surface area contributed by atoms with E-state index in [-0.39, 0.29) is 17.9 Å². The van der Waals surface area contributed by atoms with Gasteiger partial charge < -0.3 is 14.6 Å². The summed E-state index contributed by atoms with van der Waals surface area (Å²) in [7, 11) is 1.76. The number of ether oxygens (including phenoxy) is 1. The Morgan fingerprint density at radius 1 is 1.21 bits per heavy atom. The molecule has 0 aliphatic rings. The summed E-state index contributed by atoms with van der Waals surface area (Å²) in [6.07, 6.45) is 2.36. The molecule has 1 aromatic heterocycles. The number of H-pyrrole nitrogens is 1. The minimum Gasteiger partial charge on any atom is -0.490 e. The van der Waals surface area contributed by atoms with Gasteiger partial charge in [-0.15, -0.1) is 0 Å². The molecule has 3 aromatic rings. The molecular formula is C22H23N3O3. The molecule has 28 heavy (non-hydrogen) atoms. The molecule has 0 saturated carbocycles. The summed E-state index contributed by atoms with van der Waals surface area (Å²) in [5.74, 6) is 1.28. The summed E-state index contributed by atoms with van der Waals surface area (Å²) in [6.45, 7) is 4.58. The van der Waals surface area contributed by atoms with Crippen molar-refractivity contribution in [2.45, 2.75) is 19.4 Å². The highest BCUT2D eigenvalue weighted by Crippen LogP contribution is 2.14. The lowest BCUT2D eigenvalue weighted by molar-refractivity contribution is -0.130. The van der Waals surface area contributed by atoms with Gasteiger partial charge in [-0.3, -0.25) is 9.59 Å². The SMILES string of the molecule is C=CCOc1ccc(CN(C)C(=O)CCc2nc3ccccc3c(=O)[nH]2)cc1. The van der Waals surface area contributed by atoms with Crippen molar-refractivity contribution in [2.24, 2.45) is 0 Å². The Morgan fingerprint density at radius 2 is 1.96 bits per heavy atom. The molecule has 0 aliphatic carbocycles. The van der Waals surface area contributed by atoms with Crippen LogP contribution < -0.4 is 10.3 Å². The minimum absolute atomic E-state index is 0.0113. The smallest absolute Gasteiger partial charge is 0.258 e. The standard InChI is InChI=1S/C22H23N3O3/c1-3-14-28-17-10-8-16(9-11-17)15-25(2)21(26)13-12-20-23-19-7-5-4-6-18(19)22(27)24-20/h3-11H,1,12-15H2,2H3,(H,23,24,27). The fourth-order valence-corrected chi connectivity index (χ4v) is 2.88. The quantitative estimate of drug-likeness (QED) is 0.612. The Labute approximate surface area is 163 Å². The fourth-order valence-electron chi connectivity index (χ4n) is 2.88. The van der Waals surface area contributed by atoms with E-state index >= 15 is 0 Å². The van der Waals surface area contributed by atoms with Gasteiger partial charge in [0.15, 0.2) is 0 Å². The molecule has 1 N–H and O–H groups in total. The molecule has 1 amide bonds. The van der Waals surface area contributed by atoms with Crippen molar-refractivity contribution in [3.05, 3.63) is 82.9 Å². The summed E-state index contributed by atoms with van der Waals surface area (Å²) in [5.41, 5.74) is 1.47. The minimum atomic E-state index is -0.180. The number of aryl methyl sites for hydroxylation is 1. The second-order valence-electron chi connectivity index (χ2n) is 6.52. The van der Waals surface area contributed by atoms with Gasteiger partial charge in [-0.05, 0) is 29.8 Å². The molecule has 1 heterocycles. The summed E-state index contributed by atoms with van der Waals surface area (Å²) in [5, 5.41) is 0.551. The van der Waals surface area contributed by atoms with Crippen LogP contribution in [0.2, 0.25) is 0 Å². The fraction of sp³-hybridized carbons (Fsp3) is 0.227. The predicted molar refractivity (Wildman–Crippen MR) is 109 cm³/mol. The van der Waals surface area contributed by atoms with Gasteiger partial charge in [-0.25, -0.2) is 4.98 Å². The average molecular weight is 377 g/mol. The van der Waals surface area contributed by atoms with Gasteiger partial charge in [-0.1, -0.05) is 36.9 Å². The van der Waals surface area contributed by atoms with E-state index in [1.165, 1.54) is 0 Å². The summed E-state index contributed by atoms with van der Waals surface area (Å²) >= 11 is 0. The van der Waals surface area contributed by atoms with Crippen LogP contribution in [0.25, 0.3) is 10.9 Å². The van der Waals surface area contributed by atoms with Crippen LogP contribution in [0, 0.1) is 0 Å². The van der Waals surface area contributed by atoms with E-state index in [1.54, 1.807) is 36.2 Å². The second kappa shape index (κ2) is 8.99. The third-order valence-electron chi connectivity index (χ3n) is 4.37. The highest BCUT2D eigenvalue weighted by Gasteiger charge is 2.11. The normalized spacial score (nSPS) is 10.6. The average Bonchev–Trinajstić information content (AvgIpc) is 2.71. The largest absolute Gasteiger partial charge is 0.490 e. The molecule has 0 unspecified atom stereocenters. The van der Waals surface area contributed by atoms with E-state index in [2.05, 4.69) is 16.5 Å². The van der Waals surface area contributed by atoms with Crippen LogP contribution in [-0.2, 0) is 17.8 Å². The maximum absolute atomic E-state index is 12.4. The number of fused-ring (bicyclic) bond motifs is 1. The molecule has 0 spiro atoms. The number of carbonyl (C=O) groups is 1. The van der Waals surface area contributed by atoms with Gasteiger partial charge in [0.1, 0.15) is 18.2 Å². The van der Waals surface area contributed by atoms with Crippen LogP contribution >= 0.6 is 0 Å². The van der Waals surface area contributed by atoms with Gasteiger partial charge in [-0.2, -0.15) is 0 Å². The van der Waals surface area contributed by atoms with Crippen LogP contribution in [0.1, 0.15) is 17.8 Å². The number of hydrogen-bond acceptors (Lipinski definition) is 4. The number of aromatic nitrogens is 2. The predicted octanol–water partition coefficient (Wildman–Crippen LogP) is 3.08. The molecule has 0 radical (unpaired) electrons. The first-order valence-corrected chi connectivity index (χ1v) is 9.11. The first kappa shape index (κ1) is 19.4. The van der Waals surface area contributed by atoms with Crippen molar-refractivity contribution >= 4 is 16.8 Å². The highest BCUT2D eigenvalue weighted by atomic mass is 16.5. The lowest BCUT2D eigenvalue weighted by Crippen LogP contribution is -2.26. The zero-order valence-corrected chi connectivity index (χ0v) is 15.9. The molecule has 0 aliphatic heterocycles. The summed E-state index contributed by atoms with van der Waals surface area (Å²) in [4.78, 5) is 33.4. The molecule has 0 fully saturated rings. The number of aromatic amines is 1. The number of carbonyl (C=O) groups excluding carboxylic acids is 1. The molecular weight excluding hydrogens is 354 g/mol. The van der Waals surface area contributed by atoms with E-state index in [4.69, 9.17) is 4.74 Å². The molecule has 144 valence electrons. The monoisotopic (exact) mass is 377 g/mol. The molecule has 0 atom stereocenters. The van der Waals surface area contributed by atoms with Gasteiger partial charge in [0.05, 0.1) is 10.9 Å². The van der Waals surface area contributed by atoms with Crippen molar-refractivity contribution in [3.63, 3.8) is 0 Å². The second-order valence-corrected chi connectivity index (χ2v) is 6.52. The number of amides is 1. The van der Waals surface area contributed by atoms with Gasteiger partial charge in [0, 0.05) is 26.4 Å². The number of nitrogens with zero attached hydrogens (tertiary/aromatic N) is 2. The Hall–Kier alpha value is -3.41. The van der Waals surface area contributed by atoms with E-state index in [9.17, 15) is 9.59 Å². The number of rotatable bonds is 8. The van der Waals surface area contributed by atoms with Crippen LogP contribution in [0.4, 0.5) is 0 Å². The Kier molecular flexibility index (Phi) is 6.22. The van der Waals surface area contributed by atoms with Crippen LogP contribution in [0.5, 0.6) is 5.75 Å². The number of nitrogens with one attached hydrogen (secondary N) is 1. The zero-order valence-electron chi connectivity index (χ0n) is 15.9. The van der Waals surface area contributed by atoms with Crippen LogP contribution in [-0.4, -0.2) is 34.4 Å². The zero-order chi connectivity index (χ0) is 19.9. The van der Waals surface area contributed by atoms with Crippen molar-refractivity contribution in [3.8, 4) is 5.75 Å². The Balaban J connectivity index is 1.57. The van der Waals surface area contributed by atoms with Crippen molar-refractivity contribution in [2.75, 3.05) is 13.7 Å². The van der Waals surface area contributed by atoms with Gasteiger partial charge in [0.2, 0.25) is 5.91 Å².